The summed E-state index contributed by atoms with van der Waals surface area (Å²) in [6.07, 6.45) is 3.39. The third-order valence-electron chi connectivity index (χ3n) is 3.65. The van der Waals surface area contributed by atoms with E-state index in [2.05, 4.69) is 20.1 Å². The van der Waals surface area contributed by atoms with Gasteiger partial charge in [0.15, 0.2) is 9.84 Å². The van der Waals surface area contributed by atoms with Gasteiger partial charge in [-0.3, -0.25) is 5.10 Å². The van der Waals surface area contributed by atoms with Crippen LogP contribution in [0.5, 0.6) is 0 Å². The summed E-state index contributed by atoms with van der Waals surface area (Å²) >= 11 is 0. The van der Waals surface area contributed by atoms with E-state index < -0.39 is 15.1 Å². The number of nitrogens with zero attached hydrogens (tertiary/aromatic N) is 3. The Morgan fingerprint density at radius 1 is 1.58 bits per heavy atom. The lowest BCUT2D eigenvalue weighted by Crippen LogP contribution is -2.39. The third-order valence-corrected chi connectivity index (χ3v) is 5.16. The van der Waals surface area contributed by atoms with Crippen molar-refractivity contribution in [2.45, 2.75) is 25.0 Å². The summed E-state index contributed by atoms with van der Waals surface area (Å²) < 4.78 is 23.0. The van der Waals surface area contributed by atoms with Crippen molar-refractivity contribution < 1.29 is 8.42 Å². The van der Waals surface area contributed by atoms with Crippen LogP contribution in [0, 0.1) is 5.92 Å². The summed E-state index contributed by atoms with van der Waals surface area (Å²) in [6, 6.07) is 0. The minimum absolute atomic E-state index is 0.396. The lowest BCUT2D eigenvalue weighted by Gasteiger charge is -2.31. The summed E-state index contributed by atoms with van der Waals surface area (Å²) in [4.78, 5) is 6.37. The van der Waals surface area contributed by atoms with Crippen LogP contribution in [0.2, 0.25) is 0 Å². The number of aromatic amines is 1. The zero-order valence-corrected chi connectivity index (χ0v) is 12.2. The van der Waals surface area contributed by atoms with Gasteiger partial charge in [0.05, 0.1) is 0 Å². The number of aromatic nitrogens is 3. The van der Waals surface area contributed by atoms with Crippen LogP contribution in [0.4, 0.5) is 5.95 Å². The van der Waals surface area contributed by atoms with Crippen LogP contribution in [0.3, 0.4) is 0 Å². The zero-order valence-electron chi connectivity index (χ0n) is 11.3. The molecule has 2 heterocycles. The maximum Gasteiger partial charge on any atom is 0.244 e. The predicted octanol–water partition coefficient (Wildman–Crippen LogP) is 0.0854. The maximum atomic E-state index is 11.5. The Kier molecular flexibility index (Phi) is 4.10. The zero-order chi connectivity index (χ0) is 14.0. The third kappa shape index (κ3) is 3.24. The predicted molar refractivity (Wildman–Crippen MR) is 73.6 cm³/mol. The van der Waals surface area contributed by atoms with E-state index in [-0.39, 0.29) is 0 Å². The maximum absolute atomic E-state index is 11.5. The molecular formula is C11H21N5O2S. The van der Waals surface area contributed by atoms with Crippen LogP contribution in [0.15, 0.2) is 0 Å². The van der Waals surface area contributed by atoms with E-state index >= 15 is 0 Å². The number of nitrogens with two attached hydrogens (primary N) is 1. The molecule has 3 N–H and O–H groups in total. The van der Waals surface area contributed by atoms with Crippen LogP contribution < -0.4 is 10.6 Å². The summed E-state index contributed by atoms with van der Waals surface area (Å²) in [6.45, 7) is 3.99. The van der Waals surface area contributed by atoms with Gasteiger partial charge in [0.25, 0.3) is 0 Å². The van der Waals surface area contributed by atoms with E-state index in [4.69, 9.17) is 5.73 Å². The second-order valence-corrected chi connectivity index (χ2v) is 7.55. The number of rotatable bonds is 4. The van der Waals surface area contributed by atoms with E-state index in [1.807, 2.05) is 0 Å². The molecule has 1 aliphatic heterocycles. The van der Waals surface area contributed by atoms with Crippen molar-refractivity contribution in [1.82, 2.24) is 15.2 Å². The molecular weight excluding hydrogens is 266 g/mol. The van der Waals surface area contributed by atoms with Crippen molar-refractivity contribution in [1.29, 1.82) is 0 Å². The fourth-order valence-corrected chi connectivity index (χ4v) is 2.74. The highest BCUT2D eigenvalue weighted by molar-refractivity contribution is 7.90. The fourth-order valence-electron chi connectivity index (χ4n) is 2.23. The molecule has 0 saturated carbocycles. The first-order valence-corrected chi connectivity index (χ1v) is 8.43. The number of anilines is 1. The van der Waals surface area contributed by atoms with Crippen LogP contribution in [-0.4, -0.2) is 49.5 Å². The van der Waals surface area contributed by atoms with Crippen molar-refractivity contribution >= 4 is 15.8 Å². The Hall–Kier alpha value is -1.15. The highest BCUT2D eigenvalue weighted by Gasteiger charge is 2.25. The quantitative estimate of drug-likeness (QED) is 0.813. The SMILES string of the molecule is CC(c1nc(N2CCCC(CN)C2)n[nH]1)S(C)(=O)=O. The molecule has 0 aliphatic carbocycles. The molecule has 1 aromatic rings. The minimum Gasteiger partial charge on any atom is -0.339 e. The molecule has 1 saturated heterocycles. The molecule has 0 aromatic carbocycles. The topological polar surface area (TPSA) is 105 Å². The van der Waals surface area contributed by atoms with Crippen molar-refractivity contribution in [2.24, 2.45) is 11.7 Å². The molecule has 2 atom stereocenters. The molecule has 1 aliphatic rings. The average molecular weight is 287 g/mol. The van der Waals surface area contributed by atoms with Gasteiger partial charge >= 0.3 is 0 Å². The molecule has 1 aromatic heterocycles. The molecule has 0 radical (unpaired) electrons. The van der Waals surface area contributed by atoms with Gasteiger partial charge in [0.1, 0.15) is 11.1 Å². The highest BCUT2D eigenvalue weighted by Crippen LogP contribution is 2.22. The number of sulfone groups is 1. The molecule has 1 fully saturated rings. The first-order chi connectivity index (χ1) is 8.91. The second kappa shape index (κ2) is 5.46. The van der Waals surface area contributed by atoms with Crippen LogP contribution in [0.1, 0.15) is 30.8 Å². The number of hydrogen-bond donors (Lipinski definition) is 2. The number of H-pyrrole nitrogens is 1. The van der Waals surface area contributed by atoms with Gasteiger partial charge in [-0.2, -0.15) is 4.98 Å². The van der Waals surface area contributed by atoms with Crippen LogP contribution in [-0.2, 0) is 9.84 Å². The molecule has 8 heteroatoms. The monoisotopic (exact) mass is 287 g/mol. The Morgan fingerprint density at radius 2 is 2.32 bits per heavy atom. The van der Waals surface area contributed by atoms with Gasteiger partial charge in [-0.25, -0.2) is 8.42 Å². The molecule has 0 bridgehead atoms. The van der Waals surface area contributed by atoms with Gasteiger partial charge in [-0.05, 0) is 32.2 Å². The van der Waals surface area contributed by atoms with E-state index in [0.29, 0.717) is 24.2 Å². The van der Waals surface area contributed by atoms with Crippen LogP contribution >= 0.6 is 0 Å². The molecule has 2 rings (SSSR count). The lowest BCUT2D eigenvalue weighted by molar-refractivity contribution is 0.419. The highest BCUT2D eigenvalue weighted by atomic mass is 32.2. The first-order valence-electron chi connectivity index (χ1n) is 6.48. The van der Waals surface area contributed by atoms with E-state index in [0.717, 1.165) is 25.9 Å². The number of piperidine rings is 1. The minimum atomic E-state index is -3.16. The fraction of sp³-hybridized carbons (Fsp3) is 0.818. The standard InChI is InChI=1S/C11H21N5O2S/c1-8(19(2,17)18)10-13-11(15-14-10)16-5-3-4-9(6-12)7-16/h8-9H,3-7,12H2,1-2H3,(H,13,14,15). The van der Waals surface area contributed by atoms with E-state index in [1.54, 1.807) is 6.92 Å². The summed E-state index contributed by atoms with van der Waals surface area (Å²) in [5.41, 5.74) is 5.70. The largest absolute Gasteiger partial charge is 0.339 e. The van der Waals surface area contributed by atoms with Gasteiger partial charge in [-0.15, -0.1) is 5.10 Å². The van der Waals surface area contributed by atoms with E-state index in [1.165, 1.54) is 6.26 Å². The van der Waals surface area contributed by atoms with Crippen molar-refractivity contribution in [3.05, 3.63) is 5.82 Å². The molecule has 7 nitrogen and oxygen atoms in total. The Labute approximate surface area is 113 Å². The Bertz CT molecular complexity index is 527. The first kappa shape index (κ1) is 14.3. The van der Waals surface area contributed by atoms with Gasteiger partial charge < -0.3 is 10.6 Å². The molecule has 19 heavy (non-hydrogen) atoms. The molecule has 0 spiro atoms. The molecule has 108 valence electrons. The van der Waals surface area contributed by atoms with Crippen molar-refractivity contribution in [3.63, 3.8) is 0 Å². The average Bonchev–Trinajstić information content (AvgIpc) is 2.86. The Morgan fingerprint density at radius 3 is 2.95 bits per heavy atom. The smallest absolute Gasteiger partial charge is 0.244 e. The molecule has 0 amide bonds. The number of hydrogen-bond acceptors (Lipinski definition) is 6. The second-order valence-electron chi connectivity index (χ2n) is 5.18. The normalized spacial score (nSPS) is 22.5. The Balaban J connectivity index is 2.13. The van der Waals surface area contributed by atoms with Crippen molar-refractivity contribution in [3.8, 4) is 0 Å². The van der Waals surface area contributed by atoms with Crippen molar-refractivity contribution in [2.75, 3.05) is 30.8 Å². The van der Waals surface area contributed by atoms with Gasteiger partial charge in [0, 0.05) is 19.3 Å². The summed E-state index contributed by atoms with van der Waals surface area (Å²) in [5, 5.41) is 6.19. The van der Waals surface area contributed by atoms with Gasteiger partial charge in [0.2, 0.25) is 5.95 Å². The van der Waals surface area contributed by atoms with E-state index in [9.17, 15) is 8.42 Å². The molecule has 2 unspecified atom stereocenters. The van der Waals surface area contributed by atoms with Crippen LogP contribution in [0.25, 0.3) is 0 Å². The lowest BCUT2D eigenvalue weighted by atomic mass is 9.99. The summed E-state index contributed by atoms with van der Waals surface area (Å²) in [7, 11) is -3.16. The van der Waals surface area contributed by atoms with Gasteiger partial charge in [-0.1, -0.05) is 0 Å². The number of nitrogens with one attached hydrogen (secondary N) is 1. The summed E-state index contributed by atoms with van der Waals surface area (Å²) in [5.74, 6) is 1.43.